The van der Waals surface area contributed by atoms with E-state index in [-0.39, 0.29) is 24.5 Å². The van der Waals surface area contributed by atoms with E-state index >= 15 is 0 Å². The summed E-state index contributed by atoms with van der Waals surface area (Å²) in [6.45, 7) is 2.32. The van der Waals surface area contributed by atoms with E-state index in [4.69, 9.17) is 9.47 Å². The molecule has 0 aromatic rings. The second kappa shape index (κ2) is 6.63. The zero-order valence-corrected chi connectivity index (χ0v) is 12.6. The van der Waals surface area contributed by atoms with Gasteiger partial charge >= 0.3 is 0 Å². The Morgan fingerprint density at radius 2 is 1.64 bits per heavy atom. The highest BCUT2D eigenvalue weighted by molar-refractivity contribution is 5.84. The maximum absolute atomic E-state index is 12.4. The van der Waals surface area contributed by atoms with Gasteiger partial charge in [0.05, 0.1) is 12.6 Å². The summed E-state index contributed by atoms with van der Waals surface area (Å²) in [5.74, 6) is -0.171. The first-order chi connectivity index (χ1) is 10.7. The minimum atomic E-state index is -0.601. The van der Waals surface area contributed by atoms with Gasteiger partial charge in [0.15, 0.2) is 0 Å². The second-order valence-corrected chi connectivity index (χ2v) is 5.96. The van der Waals surface area contributed by atoms with E-state index in [9.17, 15) is 14.9 Å². The van der Waals surface area contributed by atoms with Crippen LogP contribution in [0.2, 0.25) is 0 Å². The largest absolute Gasteiger partial charge is 0.368 e. The lowest BCUT2D eigenvalue weighted by Crippen LogP contribution is -2.59. The molecule has 3 atom stereocenters. The van der Waals surface area contributed by atoms with Crippen LogP contribution in [0.5, 0.6) is 0 Å². The molecule has 7 heteroatoms. The highest BCUT2D eigenvalue weighted by Gasteiger charge is 2.38. The van der Waals surface area contributed by atoms with Gasteiger partial charge in [-0.15, -0.1) is 0 Å². The lowest BCUT2D eigenvalue weighted by molar-refractivity contribution is -0.151. The Morgan fingerprint density at radius 1 is 1.00 bits per heavy atom. The summed E-state index contributed by atoms with van der Waals surface area (Å²) in [4.78, 5) is 28.0. The van der Waals surface area contributed by atoms with Crippen molar-refractivity contribution in [1.29, 1.82) is 5.26 Å². The number of hydrogen-bond donors (Lipinski definition) is 0. The van der Waals surface area contributed by atoms with E-state index in [1.165, 1.54) is 0 Å². The number of amides is 2. The van der Waals surface area contributed by atoms with Crippen LogP contribution < -0.4 is 0 Å². The topological polar surface area (TPSA) is 82.9 Å². The number of hydrogen-bond acceptors (Lipinski definition) is 5. The van der Waals surface area contributed by atoms with E-state index in [0.29, 0.717) is 32.7 Å². The van der Waals surface area contributed by atoms with Crippen molar-refractivity contribution >= 4 is 11.8 Å². The van der Waals surface area contributed by atoms with Crippen LogP contribution in [0, 0.1) is 11.3 Å². The molecule has 3 unspecified atom stereocenters. The van der Waals surface area contributed by atoms with Crippen LogP contribution in [0.4, 0.5) is 0 Å². The molecule has 0 bridgehead atoms. The molecule has 3 saturated heterocycles. The van der Waals surface area contributed by atoms with Gasteiger partial charge in [0.25, 0.3) is 11.8 Å². The average Bonchev–Trinajstić information content (AvgIpc) is 3.25. The molecule has 0 radical (unpaired) electrons. The molecule has 0 saturated carbocycles. The van der Waals surface area contributed by atoms with Crippen molar-refractivity contribution in [3.63, 3.8) is 0 Å². The minimum Gasteiger partial charge on any atom is -0.368 e. The van der Waals surface area contributed by atoms with Crippen molar-refractivity contribution < 1.29 is 19.1 Å². The van der Waals surface area contributed by atoms with Gasteiger partial charge in [-0.1, -0.05) is 0 Å². The van der Waals surface area contributed by atoms with Crippen LogP contribution in [0.25, 0.3) is 0 Å². The molecule has 0 aromatic heterocycles. The number of ether oxygens (including phenoxy) is 2. The summed E-state index contributed by atoms with van der Waals surface area (Å²) < 4.78 is 10.8. The third-order valence-corrected chi connectivity index (χ3v) is 4.53. The van der Waals surface area contributed by atoms with Crippen molar-refractivity contribution in [1.82, 2.24) is 9.80 Å². The number of piperazine rings is 1. The molecular formula is C15H21N3O4. The smallest absolute Gasteiger partial charge is 0.252 e. The molecule has 0 aliphatic carbocycles. The van der Waals surface area contributed by atoms with Gasteiger partial charge < -0.3 is 19.3 Å². The lowest BCUT2D eigenvalue weighted by Gasteiger charge is -2.39. The Morgan fingerprint density at radius 3 is 2.18 bits per heavy atom. The normalized spacial score (nSPS) is 32.0. The van der Waals surface area contributed by atoms with Gasteiger partial charge in [0.1, 0.15) is 18.2 Å². The molecule has 7 nitrogen and oxygen atoms in total. The average molecular weight is 307 g/mol. The standard InChI is InChI=1S/C15H21N3O4/c16-9-11-10-17(14(19)12-3-1-7-21-12)5-6-18(11)15(20)13-4-2-8-22-13/h11-13H,1-8,10H2. The predicted molar refractivity (Wildman–Crippen MR) is 75.6 cm³/mol. The van der Waals surface area contributed by atoms with E-state index in [2.05, 4.69) is 6.07 Å². The zero-order chi connectivity index (χ0) is 15.5. The van der Waals surface area contributed by atoms with Gasteiger partial charge in [-0.05, 0) is 25.7 Å². The van der Waals surface area contributed by atoms with Gasteiger partial charge in [-0.25, -0.2) is 0 Å². The molecule has 0 spiro atoms. The SMILES string of the molecule is N#CC1CN(C(=O)C2CCCO2)CCN1C(=O)C1CCCO1. The highest BCUT2D eigenvalue weighted by atomic mass is 16.5. The maximum Gasteiger partial charge on any atom is 0.252 e. The van der Waals surface area contributed by atoms with Crippen LogP contribution in [0.1, 0.15) is 25.7 Å². The van der Waals surface area contributed by atoms with Gasteiger partial charge in [-0.2, -0.15) is 5.26 Å². The number of rotatable bonds is 2. The summed E-state index contributed by atoms with van der Waals surface area (Å²) in [7, 11) is 0. The van der Waals surface area contributed by atoms with Crippen molar-refractivity contribution in [3.05, 3.63) is 0 Å². The number of carbonyl (C=O) groups excluding carboxylic acids is 2. The number of nitriles is 1. The fourth-order valence-electron chi connectivity index (χ4n) is 3.29. The van der Waals surface area contributed by atoms with Crippen LogP contribution in [-0.4, -0.2) is 72.7 Å². The molecule has 3 rings (SSSR count). The second-order valence-electron chi connectivity index (χ2n) is 5.96. The molecule has 22 heavy (non-hydrogen) atoms. The van der Waals surface area contributed by atoms with E-state index in [0.717, 1.165) is 19.3 Å². The number of carbonyl (C=O) groups is 2. The summed E-state index contributed by atoms with van der Waals surface area (Å²) in [5, 5.41) is 9.36. The Labute approximate surface area is 129 Å². The first-order valence-corrected chi connectivity index (χ1v) is 7.93. The maximum atomic E-state index is 12.4. The van der Waals surface area contributed by atoms with Crippen LogP contribution in [0.3, 0.4) is 0 Å². The third-order valence-electron chi connectivity index (χ3n) is 4.53. The lowest BCUT2D eigenvalue weighted by atomic mass is 10.1. The molecule has 2 amide bonds. The molecule has 3 aliphatic rings. The molecule has 0 aromatic carbocycles. The minimum absolute atomic E-state index is 0.0537. The molecule has 3 aliphatic heterocycles. The fraction of sp³-hybridized carbons (Fsp3) is 0.800. The fourth-order valence-corrected chi connectivity index (χ4v) is 3.29. The Balaban J connectivity index is 1.62. The Hall–Kier alpha value is -1.65. The molecular weight excluding hydrogens is 286 g/mol. The first kappa shape index (κ1) is 15.3. The van der Waals surface area contributed by atoms with Gasteiger partial charge in [-0.3, -0.25) is 9.59 Å². The van der Waals surface area contributed by atoms with Crippen LogP contribution >= 0.6 is 0 Å². The van der Waals surface area contributed by atoms with E-state index in [1.807, 2.05) is 0 Å². The summed E-state index contributed by atoms with van der Waals surface area (Å²) in [5.41, 5.74) is 0. The van der Waals surface area contributed by atoms with E-state index < -0.39 is 12.1 Å². The van der Waals surface area contributed by atoms with Crippen molar-refractivity contribution in [2.24, 2.45) is 0 Å². The van der Waals surface area contributed by atoms with Gasteiger partial charge in [0, 0.05) is 26.3 Å². The quantitative estimate of drug-likeness (QED) is 0.712. The molecule has 0 N–H and O–H groups in total. The summed E-state index contributed by atoms with van der Waals surface area (Å²) in [6.07, 6.45) is 2.44. The third kappa shape index (κ3) is 2.94. The predicted octanol–water partition coefficient (Wildman–Crippen LogP) is -0.0926. The Bertz CT molecular complexity index is 478. The Kier molecular flexibility index (Phi) is 4.60. The molecule has 3 heterocycles. The first-order valence-electron chi connectivity index (χ1n) is 7.93. The summed E-state index contributed by atoms with van der Waals surface area (Å²) in [6, 6.07) is 1.55. The highest BCUT2D eigenvalue weighted by Crippen LogP contribution is 2.21. The molecule has 120 valence electrons. The van der Waals surface area contributed by atoms with Gasteiger partial charge in [0.2, 0.25) is 0 Å². The van der Waals surface area contributed by atoms with Crippen molar-refractivity contribution in [2.75, 3.05) is 32.8 Å². The van der Waals surface area contributed by atoms with Crippen molar-refractivity contribution in [2.45, 2.75) is 43.9 Å². The zero-order valence-electron chi connectivity index (χ0n) is 12.6. The monoisotopic (exact) mass is 307 g/mol. The van der Waals surface area contributed by atoms with E-state index in [1.54, 1.807) is 9.80 Å². The van der Waals surface area contributed by atoms with Crippen LogP contribution in [-0.2, 0) is 19.1 Å². The number of nitrogens with zero attached hydrogens (tertiary/aromatic N) is 3. The van der Waals surface area contributed by atoms with Crippen molar-refractivity contribution in [3.8, 4) is 6.07 Å². The summed E-state index contributed by atoms with van der Waals surface area (Å²) >= 11 is 0. The molecule has 3 fully saturated rings. The van der Waals surface area contributed by atoms with Crippen LogP contribution in [0.15, 0.2) is 0 Å².